The van der Waals surface area contributed by atoms with Crippen molar-refractivity contribution in [3.63, 3.8) is 0 Å². The summed E-state index contributed by atoms with van der Waals surface area (Å²) in [6, 6.07) is 1.45. The molecule has 2 atom stereocenters. The van der Waals surface area contributed by atoms with Gasteiger partial charge in [-0.2, -0.15) is 4.98 Å². The number of anilines is 1. The number of aliphatic hydroxyl groups is 2. The van der Waals surface area contributed by atoms with E-state index in [4.69, 9.17) is 30.6 Å². The number of hydrogen-bond acceptors (Lipinski definition) is 10. The largest absolute Gasteiger partial charge is 0.462 e. The van der Waals surface area contributed by atoms with E-state index in [9.17, 15) is 9.59 Å². The minimum atomic E-state index is -0.534. The Labute approximate surface area is 158 Å². The molecule has 0 amide bonds. The van der Waals surface area contributed by atoms with Crippen molar-refractivity contribution in [1.82, 2.24) is 9.55 Å². The van der Waals surface area contributed by atoms with Crippen LogP contribution < -0.4 is 16.9 Å². The molecule has 6 N–H and O–H groups in total. The van der Waals surface area contributed by atoms with Gasteiger partial charge < -0.3 is 25.4 Å². The van der Waals surface area contributed by atoms with Crippen molar-refractivity contribution < 1.29 is 29.7 Å². The van der Waals surface area contributed by atoms with Gasteiger partial charge in [0, 0.05) is 20.4 Å². The number of aromatic nitrogens is 2. The third-order valence-electron chi connectivity index (χ3n) is 2.94. The normalized spacial score (nSPS) is 17.2. The smallest absolute Gasteiger partial charge is 0.351 e. The summed E-state index contributed by atoms with van der Waals surface area (Å²) in [4.78, 5) is 26.3. The molecule has 2 heterocycles. The number of carbonyl (C=O) groups excluding carboxylic acids is 1. The van der Waals surface area contributed by atoms with E-state index >= 15 is 0 Å². The van der Waals surface area contributed by atoms with Gasteiger partial charge in [0.05, 0.1) is 12.6 Å². The van der Waals surface area contributed by atoms with Crippen molar-refractivity contribution in [2.24, 2.45) is 5.73 Å². The van der Waals surface area contributed by atoms with E-state index in [1.165, 1.54) is 23.3 Å². The van der Waals surface area contributed by atoms with Crippen LogP contribution in [0.1, 0.15) is 39.3 Å². The summed E-state index contributed by atoms with van der Waals surface area (Å²) in [7, 11) is 2.00. The van der Waals surface area contributed by atoms with Crippen molar-refractivity contribution in [2.45, 2.75) is 45.4 Å². The van der Waals surface area contributed by atoms with Crippen molar-refractivity contribution in [1.29, 1.82) is 0 Å². The summed E-state index contributed by atoms with van der Waals surface area (Å²) in [5.74, 6) is -0.424. The minimum absolute atomic E-state index is 0.0673. The molecule has 2 rings (SSSR count). The van der Waals surface area contributed by atoms with E-state index in [1.54, 1.807) is 5.48 Å². The lowest BCUT2D eigenvalue weighted by molar-refractivity contribution is -0.146. The zero-order chi connectivity index (χ0) is 21.2. The van der Waals surface area contributed by atoms with Crippen LogP contribution in [0.5, 0.6) is 0 Å². The first-order valence-electron chi connectivity index (χ1n) is 8.45. The highest BCUT2D eigenvalue weighted by Gasteiger charge is 2.28. The number of ether oxygens (including phenoxy) is 2. The van der Waals surface area contributed by atoms with Crippen LogP contribution in [0.2, 0.25) is 0 Å². The molecule has 1 saturated heterocycles. The van der Waals surface area contributed by atoms with Gasteiger partial charge in [-0.25, -0.2) is 4.79 Å². The van der Waals surface area contributed by atoms with Crippen LogP contribution in [0.4, 0.5) is 5.82 Å². The molecule has 1 aliphatic rings. The number of aliphatic hydroxyl groups excluding tert-OH is 2. The highest BCUT2D eigenvalue weighted by molar-refractivity contribution is 5.71. The van der Waals surface area contributed by atoms with Gasteiger partial charge in [-0.1, -0.05) is 20.3 Å². The fraction of sp³-hybridized carbons (Fsp3) is 0.688. The average Bonchev–Trinajstić information content (AvgIpc) is 3.18. The number of rotatable bonds is 5. The molecule has 0 aliphatic carbocycles. The molecule has 0 bridgehead atoms. The van der Waals surface area contributed by atoms with Crippen molar-refractivity contribution >= 4 is 11.8 Å². The molecular formula is C16H32N4O7. The lowest BCUT2D eigenvalue weighted by Gasteiger charge is -2.15. The van der Waals surface area contributed by atoms with Crippen LogP contribution in [0.3, 0.4) is 0 Å². The minimum Gasteiger partial charge on any atom is -0.462 e. The number of nitrogens with two attached hydrogens (primary N) is 1. The van der Waals surface area contributed by atoms with Crippen LogP contribution in [0, 0.1) is 0 Å². The molecule has 0 spiro atoms. The van der Waals surface area contributed by atoms with Gasteiger partial charge in [-0.05, 0) is 18.9 Å². The summed E-state index contributed by atoms with van der Waals surface area (Å²) >= 11 is 0. The summed E-state index contributed by atoms with van der Waals surface area (Å²) < 4.78 is 11.8. The maximum Gasteiger partial charge on any atom is 0.351 e. The second-order valence-electron chi connectivity index (χ2n) is 5.00. The molecule has 11 nitrogen and oxygen atoms in total. The molecule has 158 valence electrons. The predicted octanol–water partition coefficient (Wildman–Crippen LogP) is -0.143. The van der Waals surface area contributed by atoms with Crippen LogP contribution in [0.25, 0.3) is 0 Å². The van der Waals surface area contributed by atoms with E-state index in [1.807, 2.05) is 0 Å². The Balaban J connectivity index is 0. The first-order valence-corrected chi connectivity index (χ1v) is 8.45. The van der Waals surface area contributed by atoms with Crippen LogP contribution in [0.15, 0.2) is 17.1 Å². The summed E-state index contributed by atoms with van der Waals surface area (Å²) in [5.41, 5.74) is 6.39. The molecule has 0 radical (unpaired) electrons. The van der Waals surface area contributed by atoms with E-state index < -0.39 is 17.9 Å². The Kier molecular flexibility index (Phi) is 17.5. The fourth-order valence-electron chi connectivity index (χ4n) is 1.95. The lowest BCUT2D eigenvalue weighted by atomic mass is 10.2. The first kappa shape index (κ1) is 27.2. The van der Waals surface area contributed by atoms with Crippen LogP contribution in [-0.4, -0.2) is 64.4 Å². The van der Waals surface area contributed by atoms with Crippen molar-refractivity contribution in [2.75, 3.05) is 32.9 Å². The highest BCUT2D eigenvalue weighted by atomic mass is 16.6. The molecule has 2 unspecified atom stereocenters. The van der Waals surface area contributed by atoms with Crippen molar-refractivity contribution in [3.8, 4) is 0 Å². The van der Waals surface area contributed by atoms with Gasteiger partial charge >= 0.3 is 11.7 Å². The van der Waals surface area contributed by atoms with Crippen molar-refractivity contribution in [3.05, 3.63) is 22.7 Å². The Hall–Kier alpha value is -2.05. The number of nitrogens with one attached hydrogen (secondary N) is 1. The number of nitrogens with zero attached hydrogens (tertiary/aromatic N) is 2. The zero-order valence-corrected chi connectivity index (χ0v) is 16.3. The van der Waals surface area contributed by atoms with Crippen LogP contribution in [-0.2, 0) is 14.3 Å². The Morgan fingerprint density at radius 2 is 1.96 bits per heavy atom. The third kappa shape index (κ3) is 10.6. The topological polar surface area (TPSA) is 169 Å². The van der Waals surface area contributed by atoms with Gasteiger partial charge in [0.2, 0.25) is 0 Å². The molecule has 0 aromatic carbocycles. The van der Waals surface area contributed by atoms with Gasteiger partial charge in [-0.3, -0.25) is 20.0 Å². The van der Waals surface area contributed by atoms with Gasteiger partial charge in [-0.15, -0.1) is 0 Å². The molecule has 0 saturated carbocycles. The van der Waals surface area contributed by atoms with Gasteiger partial charge in [0.1, 0.15) is 12.8 Å². The summed E-state index contributed by atoms with van der Waals surface area (Å²) in [6.07, 6.45) is 3.28. The maximum atomic E-state index is 11.7. The number of esters is 1. The Morgan fingerprint density at radius 3 is 2.44 bits per heavy atom. The summed E-state index contributed by atoms with van der Waals surface area (Å²) in [6.45, 7) is 4.19. The average molecular weight is 392 g/mol. The van der Waals surface area contributed by atoms with E-state index in [2.05, 4.69) is 18.8 Å². The number of carbonyl (C=O) groups is 1. The van der Waals surface area contributed by atoms with E-state index in [-0.39, 0.29) is 25.1 Å². The van der Waals surface area contributed by atoms with Crippen LogP contribution >= 0.6 is 0 Å². The molecule has 27 heavy (non-hydrogen) atoms. The maximum absolute atomic E-state index is 11.7. The van der Waals surface area contributed by atoms with Gasteiger partial charge in [0.15, 0.2) is 5.82 Å². The predicted molar refractivity (Wildman–Crippen MR) is 99.3 cm³/mol. The second-order valence-corrected chi connectivity index (χ2v) is 5.00. The molecule has 11 heteroatoms. The first-order chi connectivity index (χ1) is 13.0. The summed E-state index contributed by atoms with van der Waals surface area (Å²) in [5, 5.41) is 22.7. The Bertz CT molecular complexity index is 554. The van der Waals surface area contributed by atoms with E-state index in [0.717, 1.165) is 14.2 Å². The standard InChI is InChI=1S/C11H16N4O5.C3H8.2CH4O/c12-5-10(16)19-6-7-1-2-9(20-7)15-4-3-8(14-18)13-11(15)17;1-3-2;2*1-2/h3-4,7,9,18H,1-2,5-6,12H2,(H,13,14,17);3H2,1-2H3;2*2H,1H3. The molecule has 1 aliphatic heterocycles. The third-order valence-corrected chi connectivity index (χ3v) is 2.94. The monoisotopic (exact) mass is 392 g/mol. The second kappa shape index (κ2) is 17.4. The fourth-order valence-corrected chi connectivity index (χ4v) is 1.95. The number of hydrogen-bond donors (Lipinski definition) is 5. The highest BCUT2D eigenvalue weighted by Crippen LogP contribution is 2.27. The van der Waals surface area contributed by atoms with E-state index in [0.29, 0.717) is 12.8 Å². The lowest BCUT2D eigenvalue weighted by Crippen LogP contribution is -2.28. The molecule has 1 aromatic heterocycles. The zero-order valence-electron chi connectivity index (χ0n) is 16.3. The molecule has 1 aromatic rings. The molecule has 1 fully saturated rings. The Morgan fingerprint density at radius 1 is 1.37 bits per heavy atom. The SMILES string of the molecule is CCC.CO.CO.NCC(=O)OCC1CCC(n2ccc(NO)nc2=O)O1. The van der Waals surface area contributed by atoms with Gasteiger partial charge in [0.25, 0.3) is 0 Å². The molecular weight excluding hydrogens is 360 g/mol. The quantitative estimate of drug-likeness (QED) is 0.336.